The number of H-pyrrole nitrogens is 1. The van der Waals surface area contributed by atoms with Crippen LogP contribution in [0.15, 0.2) is 12.4 Å². The highest BCUT2D eigenvalue weighted by Gasteiger charge is 2.26. The lowest BCUT2D eigenvalue weighted by molar-refractivity contribution is 0.0860. The number of carbonyl (C=O) groups is 1. The average molecular weight is 272 g/mol. The van der Waals surface area contributed by atoms with Crippen molar-refractivity contribution in [3.63, 3.8) is 0 Å². The molecule has 1 aliphatic heterocycles. The summed E-state index contributed by atoms with van der Waals surface area (Å²) in [6.45, 7) is 7.81. The number of aromatic amines is 1. The van der Waals surface area contributed by atoms with Gasteiger partial charge in [0.1, 0.15) is 11.3 Å². The van der Waals surface area contributed by atoms with E-state index in [1.807, 2.05) is 20.8 Å². The van der Waals surface area contributed by atoms with Crippen molar-refractivity contribution in [3.8, 4) is 0 Å². The molecule has 0 saturated carbocycles. The Hall–Kier alpha value is -1.91. The third kappa shape index (κ3) is 2.17. The molecule has 0 bridgehead atoms. The molecule has 5 nitrogen and oxygen atoms in total. The Labute approximate surface area is 118 Å². The van der Waals surface area contributed by atoms with Crippen LogP contribution >= 0.6 is 0 Å². The summed E-state index contributed by atoms with van der Waals surface area (Å²) in [5, 5.41) is 0. The van der Waals surface area contributed by atoms with E-state index < -0.39 is 5.41 Å². The summed E-state index contributed by atoms with van der Waals surface area (Å²) in [5.74, 6) is 0.967. The predicted octanol–water partition coefficient (Wildman–Crippen LogP) is 2.79. The third-order valence-electron chi connectivity index (χ3n) is 3.72. The first-order chi connectivity index (χ1) is 9.47. The number of Topliss-reactive ketones (excluding diaryl/α,β-unsaturated/α-hetero) is 1. The third-order valence-corrected chi connectivity index (χ3v) is 3.72. The molecule has 0 aliphatic carbocycles. The summed E-state index contributed by atoms with van der Waals surface area (Å²) < 4.78 is 0. The van der Waals surface area contributed by atoms with Gasteiger partial charge in [-0.1, -0.05) is 20.8 Å². The number of hydrogen-bond acceptors (Lipinski definition) is 4. The Morgan fingerprint density at radius 2 is 2.00 bits per heavy atom. The zero-order valence-corrected chi connectivity index (χ0v) is 12.2. The number of carbonyl (C=O) groups excluding carboxylic acids is 1. The van der Waals surface area contributed by atoms with Crippen molar-refractivity contribution in [3.05, 3.63) is 18.0 Å². The van der Waals surface area contributed by atoms with Crippen LogP contribution in [0, 0.1) is 5.41 Å². The predicted molar refractivity (Wildman–Crippen MR) is 79.1 cm³/mol. The molecule has 2 aromatic heterocycles. The monoisotopic (exact) mass is 272 g/mol. The summed E-state index contributed by atoms with van der Waals surface area (Å²) in [4.78, 5) is 26.8. The maximum absolute atomic E-state index is 12.5. The molecule has 2 aromatic rings. The van der Waals surface area contributed by atoms with E-state index in [0.717, 1.165) is 18.9 Å². The number of nitrogens with zero attached hydrogens (tertiary/aromatic N) is 3. The van der Waals surface area contributed by atoms with Crippen LogP contribution < -0.4 is 4.90 Å². The molecule has 0 aromatic carbocycles. The lowest BCUT2D eigenvalue weighted by Gasteiger charge is -2.17. The molecule has 1 fully saturated rings. The van der Waals surface area contributed by atoms with Gasteiger partial charge in [0.15, 0.2) is 11.4 Å². The Morgan fingerprint density at radius 3 is 2.65 bits per heavy atom. The maximum atomic E-state index is 12.5. The van der Waals surface area contributed by atoms with Crippen LogP contribution in [0.5, 0.6) is 0 Å². The normalized spacial score (nSPS) is 16.1. The van der Waals surface area contributed by atoms with Gasteiger partial charge in [-0.3, -0.25) is 4.79 Å². The maximum Gasteiger partial charge on any atom is 0.171 e. The zero-order chi connectivity index (χ0) is 14.3. The van der Waals surface area contributed by atoms with E-state index in [2.05, 4.69) is 19.9 Å². The van der Waals surface area contributed by atoms with E-state index in [1.54, 1.807) is 12.4 Å². The number of fused-ring (bicyclic) bond motifs is 1. The van der Waals surface area contributed by atoms with E-state index in [-0.39, 0.29) is 5.78 Å². The van der Waals surface area contributed by atoms with Gasteiger partial charge >= 0.3 is 0 Å². The first-order valence-corrected chi connectivity index (χ1v) is 7.11. The topological polar surface area (TPSA) is 61.9 Å². The van der Waals surface area contributed by atoms with Crippen molar-refractivity contribution in [2.45, 2.75) is 33.6 Å². The van der Waals surface area contributed by atoms with Crippen LogP contribution in [0.4, 0.5) is 5.82 Å². The first kappa shape index (κ1) is 13.1. The fourth-order valence-electron chi connectivity index (χ4n) is 2.56. The van der Waals surface area contributed by atoms with Crippen molar-refractivity contribution in [1.29, 1.82) is 0 Å². The fraction of sp³-hybridized carbons (Fsp3) is 0.533. The highest BCUT2D eigenvalue weighted by atomic mass is 16.1. The minimum Gasteiger partial charge on any atom is -0.355 e. The second kappa shape index (κ2) is 4.58. The van der Waals surface area contributed by atoms with Crippen LogP contribution in [0.2, 0.25) is 0 Å². The molecule has 0 atom stereocenters. The highest BCUT2D eigenvalue weighted by molar-refractivity contribution is 6.08. The van der Waals surface area contributed by atoms with E-state index in [1.165, 1.54) is 12.8 Å². The molecule has 0 amide bonds. The average Bonchev–Trinajstić information content (AvgIpc) is 3.05. The smallest absolute Gasteiger partial charge is 0.171 e. The van der Waals surface area contributed by atoms with Crippen LogP contribution in [-0.2, 0) is 0 Å². The number of anilines is 1. The quantitative estimate of drug-likeness (QED) is 0.854. The fourth-order valence-corrected chi connectivity index (χ4v) is 2.56. The van der Waals surface area contributed by atoms with Gasteiger partial charge in [-0.25, -0.2) is 9.97 Å². The van der Waals surface area contributed by atoms with Crippen molar-refractivity contribution >= 4 is 22.8 Å². The van der Waals surface area contributed by atoms with E-state index in [9.17, 15) is 4.79 Å². The molecular weight excluding hydrogens is 252 g/mol. The Kier molecular flexibility index (Phi) is 3.00. The number of aromatic nitrogens is 3. The number of ketones is 1. The zero-order valence-electron chi connectivity index (χ0n) is 12.2. The van der Waals surface area contributed by atoms with Crippen LogP contribution in [0.3, 0.4) is 0 Å². The summed E-state index contributed by atoms with van der Waals surface area (Å²) in [6.07, 6.45) is 5.91. The Bertz CT molecular complexity index is 647. The lowest BCUT2D eigenvalue weighted by Crippen LogP contribution is -2.21. The molecule has 3 heterocycles. The Morgan fingerprint density at radius 1 is 1.30 bits per heavy atom. The molecule has 0 radical (unpaired) electrons. The standard InChI is InChI=1S/C15H20N4O/c1-15(2,3)13(20)10-8-16-14-12(10)18-11(9-17-14)19-6-4-5-7-19/h8-9H,4-7H2,1-3H3,(H,16,17). The van der Waals surface area contributed by atoms with Crippen molar-refractivity contribution in [1.82, 2.24) is 15.0 Å². The molecule has 1 aliphatic rings. The van der Waals surface area contributed by atoms with Gasteiger partial charge in [0.05, 0.1) is 11.8 Å². The van der Waals surface area contributed by atoms with Gasteiger partial charge in [-0.15, -0.1) is 0 Å². The van der Waals surface area contributed by atoms with Gasteiger partial charge in [-0.05, 0) is 12.8 Å². The van der Waals surface area contributed by atoms with Gasteiger partial charge in [-0.2, -0.15) is 0 Å². The Balaban J connectivity index is 2.06. The summed E-state index contributed by atoms with van der Waals surface area (Å²) in [6, 6.07) is 0. The molecule has 1 N–H and O–H groups in total. The largest absolute Gasteiger partial charge is 0.355 e. The SMILES string of the molecule is CC(C)(C)C(=O)c1c[nH]c2ncc(N3CCCC3)nc12. The molecule has 5 heteroatoms. The van der Waals surface area contributed by atoms with E-state index in [4.69, 9.17) is 0 Å². The van der Waals surface area contributed by atoms with Crippen molar-refractivity contribution < 1.29 is 4.79 Å². The summed E-state index contributed by atoms with van der Waals surface area (Å²) in [5.41, 5.74) is 1.59. The molecule has 106 valence electrons. The van der Waals surface area contributed by atoms with Crippen LogP contribution in [0.1, 0.15) is 44.0 Å². The van der Waals surface area contributed by atoms with Gasteiger partial charge in [0.2, 0.25) is 0 Å². The lowest BCUT2D eigenvalue weighted by atomic mass is 9.87. The molecule has 1 saturated heterocycles. The van der Waals surface area contributed by atoms with E-state index >= 15 is 0 Å². The van der Waals surface area contributed by atoms with Gasteiger partial charge in [0.25, 0.3) is 0 Å². The van der Waals surface area contributed by atoms with Crippen LogP contribution in [0.25, 0.3) is 11.2 Å². The number of nitrogens with one attached hydrogen (secondary N) is 1. The summed E-state index contributed by atoms with van der Waals surface area (Å²) >= 11 is 0. The van der Waals surface area contributed by atoms with Gasteiger partial charge in [0, 0.05) is 24.7 Å². The minimum atomic E-state index is -0.416. The molecule has 20 heavy (non-hydrogen) atoms. The van der Waals surface area contributed by atoms with Crippen molar-refractivity contribution in [2.75, 3.05) is 18.0 Å². The molecule has 0 spiro atoms. The number of rotatable bonds is 2. The van der Waals surface area contributed by atoms with Crippen molar-refractivity contribution in [2.24, 2.45) is 5.41 Å². The molecule has 3 rings (SSSR count). The van der Waals surface area contributed by atoms with Gasteiger partial charge < -0.3 is 9.88 Å². The second-order valence-corrected chi connectivity index (χ2v) is 6.40. The van der Waals surface area contributed by atoms with Crippen LogP contribution in [-0.4, -0.2) is 33.8 Å². The minimum absolute atomic E-state index is 0.0941. The van der Waals surface area contributed by atoms with E-state index in [0.29, 0.717) is 16.7 Å². The number of hydrogen-bond donors (Lipinski definition) is 1. The molecule has 0 unspecified atom stereocenters. The highest BCUT2D eigenvalue weighted by Crippen LogP contribution is 2.26. The second-order valence-electron chi connectivity index (χ2n) is 6.40. The summed E-state index contributed by atoms with van der Waals surface area (Å²) in [7, 11) is 0. The first-order valence-electron chi connectivity index (χ1n) is 7.11. The molecular formula is C15H20N4O.